The van der Waals surface area contributed by atoms with E-state index in [4.69, 9.17) is 0 Å². The van der Waals surface area contributed by atoms with E-state index in [1.54, 1.807) is 12.1 Å². The molecule has 0 atom stereocenters. The molecule has 0 saturated heterocycles. The Balaban J connectivity index is 2.03. The maximum atomic E-state index is 11.8. The van der Waals surface area contributed by atoms with Crippen LogP contribution in [0.1, 0.15) is 6.92 Å². The molecule has 1 aromatic carbocycles. The Hall–Kier alpha value is -2.63. The first-order chi connectivity index (χ1) is 9.69. The molecule has 0 spiro atoms. The normalized spacial score (nSPS) is 10.1. The van der Waals surface area contributed by atoms with Crippen LogP contribution in [0.25, 0.3) is 0 Å². The van der Waals surface area contributed by atoms with Crippen LogP contribution in [-0.2, 0) is 11.3 Å². The molecule has 0 unspecified atom stereocenters. The number of carbonyl (C=O) groups excluding carboxylic acids is 1. The number of amides is 1. The number of carbonyl (C=O) groups is 1. The topological polar surface area (TPSA) is 76.0 Å². The van der Waals surface area contributed by atoms with Crippen molar-refractivity contribution in [1.82, 2.24) is 9.78 Å². The average molecular weight is 272 g/mol. The van der Waals surface area contributed by atoms with Gasteiger partial charge in [0.1, 0.15) is 6.54 Å². The van der Waals surface area contributed by atoms with Gasteiger partial charge in [-0.2, -0.15) is 5.10 Å². The van der Waals surface area contributed by atoms with Gasteiger partial charge in [-0.1, -0.05) is 18.2 Å². The first-order valence-corrected chi connectivity index (χ1v) is 6.35. The number of para-hydroxylation sites is 1. The Morgan fingerprint density at radius 1 is 1.25 bits per heavy atom. The van der Waals surface area contributed by atoms with E-state index in [-0.39, 0.29) is 18.0 Å². The molecule has 1 heterocycles. The molecule has 0 fully saturated rings. The van der Waals surface area contributed by atoms with E-state index in [0.29, 0.717) is 17.9 Å². The molecule has 0 aliphatic heterocycles. The molecule has 6 heteroatoms. The predicted molar refractivity (Wildman–Crippen MR) is 77.7 cm³/mol. The van der Waals surface area contributed by atoms with Gasteiger partial charge in [-0.25, -0.2) is 4.68 Å². The zero-order valence-electron chi connectivity index (χ0n) is 11.2. The second-order valence-corrected chi connectivity index (χ2v) is 4.18. The zero-order chi connectivity index (χ0) is 14.4. The highest BCUT2D eigenvalue weighted by atomic mass is 16.2. The van der Waals surface area contributed by atoms with E-state index in [2.05, 4.69) is 15.7 Å². The van der Waals surface area contributed by atoms with Gasteiger partial charge in [0.25, 0.3) is 5.56 Å². The standard InChI is InChI=1S/C14H16N4O2/c1-2-15-12-8-14(20)18(16-9-12)10-13(19)17-11-6-4-3-5-7-11/h3-9,15H,2,10H2,1H3,(H,17,19). The van der Waals surface area contributed by atoms with Gasteiger partial charge in [-0.15, -0.1) is 0 Å². The second kappa shape index (κ2) is 6.51. The average Bonchev–Trinajstić information content (AvgIpc) is 2.43. The van der Waals surface area contributed by atoms with Gasteiger partial charge in [0.05, 0.1) is 11.9 Å². The third kappa shape index (κ3) is 3.68. The van der Waals surface area contributed by atoms with Crippen LogP contribution in [0.15, 0.2) is 47.4 Å². The lowest BCUT2D eigenvalue weighted by Gasteiger charge is -2.07. The van der Waals surface area contributed by atoms with E-state index in [9.17, 15) is 9.59 Å². The van der Waals surface area contributed by atoms with E-state index in [0.717, 1.165) is 4.68 Å². The smallest absolute Gasteiger partial charge is 0.269 e. The molecular weight excluding hydrogens is 256 g/mol. The summed E-state index contributed by atoms with van der Waals surface area (Å²) in [4.78, 5) is 23.6. The lowest BCUT2D eigenvalue weighted by Crippen LogP contribution is -2.29. The van der Waals surface area contributed by atoms with Crippen molar-refractivity contribution >= 4 is 17.3 Å². The minimum Gasteiger partial charge on any atom is -0.384 e. The van der Waals surface area contributed by atoms with Crippen LogP contribution in [0.4, 0.5) is 11.4 Å². The lowest BCUT2D eigenvalue weighted by molar-refractivity contribution is -0.117. The Morgan fingerprint density at radius 3 is 2.65 bits per heavy atom. The van der Waals surface area contributed by atoms with Gasteiger partial charge in [-0.3, -0.25) is 9.59 Å². The third-order valence-corrected chi connectivity index (χ3v) is 2.60. The number of rotatable bonds is 5. The zero-order valence-corrected chi connectivity index (χ0v) is 11.2. The highest BCUT2D eigenvalue weighted by molar-refractivity contribution is 5.90. The SMILES string of the molecule is CCNc1cnn(CC(=O)Nc2ccccc2)c(=O)c1. The number of hydrogen-bond donors (Lipinski definition) is 2. The molecule has 1 aromatic heterocycles. The van der Waals surface area contributed by atoms with Gasteiger partial charge in [-0.05, 0) is 19.1 Å². The van der Waals surface area contributed by atoms with Crippen molar-refractivity contribution in [3.63, 3.8) is 0 Å². The summed E-state index contributed by atoms with van der Waals surface area (Å²) in [6.07, 6.45) is 1.53. The lowest BCUT2D eigenvalue weighted by atomic mass is 10.3. The molecule has 0 bridgehead atoms. The predicted octanol–water partition coefficient (Wildman–Crippen LogP) is 1.31. The Bertz CT molecular complexity index is 637. The fourth-order valence-corrected chi connectivity index (χ4v) is 1.71. The van der Waals surface area contributed by atoms with Crippen LogP contribution < -0.4 is 16.2 Å². The number of nitrogens with one attached hydrogen (secondary N) is 2. The highest BCUT2D eigenvalue weighted by Gasteiger charge is 2.06. The fraction of sp³-hybridized carbons (Fsp3) is 0.214. The van der Waals surface area contributed by atoms with Crippen LogP contribution in [-0.4, -0.2) is 22.2 Å². The fourth-order valence-electron chi connectivity index (χ4n) is 1.71. The first kappa shape index (κ1) is 13.8. The van der Waals surface area contributed by atoms with Gasteiger partial charge >= 0.3 is 0 Å². The maximum Gasteiger partial charge on any atom is 0.269 e. The van der Waals surface area contributed by atoms with E-state index < -0.39 is 0 Å². The minimum absolute atomic E-state index is 0.111. The molecule has 0 saturated carbocycles. The molecule has 0 radical (unpaired) electrons. The summed E-state index contributed by atoms with van der Waals surface area (Å²) in [5.41, 5.74) is 1.03. The number of hydrogen-bond acceptors (Lipinski definition) is 4. The summed E-state index contributed by atoms with van der Waals surface area (Å²) in [6.45, 7) is 2.53. The van der Waals surface area contributed by atoms with E-state index in [1.165, 1.54) is 12.3 Å². The first-order valence-electron chi connectivity index (χ1n) is 6.35. The monoisotopic (exact) mass is 272 g/mol. The van der Waals surface area contributed by atoms with Crippen molar-refractivity contribution in [1.29, 1.82) is 0 Å². The van der Waals surface area contributed by atoms with E-state index in [1.807, 2.05) is 25.1 Å². The molecule has 0 aliphatic carbocycles. The third-order valence-electron chi connectivity index (χ3n) is 2.60. The molecule has 6 nitrogen and oxygen atoms in total. The number of nitrogens with zero attached hydrogens (tertiary/aromatic N) is 2. The molecule has 0 aliphatic rings. The maximum absolute atomic E-state index is 11.8. The van der Waals surface area contributed by atoms with Crippen LogP contribution in [0, 0.1) is 0 Å². The Morgan fingerprint density at radius 2 is 2.00 bits per heavy atom. The quantitative estimate of drug-likeness (QED) is 0.860. The van der Waals surface area contributed by atoms with Crippen LogP contribution >= 0.6 is 0 Å². The van der Waals surface area contributed by atoms with Crippen molar-refractivity contribution in [2.75, 3.05) is 17.2 Å². The summed E-state index contributed by atoms with van der Waals surface area (Å²) < 4.78 is 1.12. The summed E-state index contributed by atoms with van der Waals surface area (Å²) in [6, 6.07) is 10.5. The van der Waals surface area contributed by atoms with Gasteiger partial charge in [0, 0.05) is 18.3 Å². The van der Waals surface area contributed by atoms with Gasteiger partial charge < -0.3 is 10.6 Å². The summed E-state index contributed by atoms with van der Waals surface area (Å²) in [5.74, 6) is -0.290. The van der Waals surface area contributed by atoms with Crippen LogP contribution in [0.5, 0.6) is 0 Å². The Kier molecular flexibility index (Phi) is 4.49. The number of aromatic nitrogens is 2. The van der Waals surface area contributed by atoms with Crippen molar-refractivity contribution in [2.45, 2.75) is 13.5 Å². The molecule has 2 rings (SSSR count). The van der Waals surface area contributed by atoms with Crippen molar-refractivity contribution < 1.29 is 4.79 Å². The molecule has 2 aromatic rings. The summed E-state index contributed by atoms with van der Waals surface area (Å²) in [5, 5.41) is 9.65. The summed E-state index contributed by atoms with van der Waals surface area (Å²) >= 11 is 0. The highest BCUT2D eigenvalue weighted by Crippen LogP contribution is 2.04. The Labute approximate surface area is 116 Å². The van der Waals surface area contributed by atoms with Crippen molar-refractivity contribution in [3.05, 3.63) is 52.9 Å². The molecule has 20 heavy (non-hydrogen) atoms. The van der Waals surface area contributed by atoms with Crippen molar-refractivity contribution in [2.24, 2.45) is 0 Å². The van der Waals surface area contributed by atoms with Crippen LogP contribution in [0.2, 0.25) is 0 Å². The minimum atomic E-state index is -0.313. The largest absolute Gasteiger partial charge is 0.384 e. The van der Waals surface area contributed by atoms with Crippen molar-refractivity contribution in [3.8, 4) is 0 Å². The molecular formula is C14H16N4O2. The second-order valence-electron chi connectivity index (χ2n) is 4.18. The molecule has 104 valence electrons. The van der Waals surface area contributed by atoms with Gasteiger partial charge in [0.2, 0.25) is 5.91 Å². The van der Waals surface area contributed by atoms with Crippen LogP contribution in [0.3, 0.4) is 0 Å². The molecule has 2 N–H and O–H groups in total. The van der Waals surface area contributed by atoms with E-state index >= 15 is 0 Å². The van der Waals surface area contributed by atoms with Gasteiger partial charge in [0.15, 0.2) is 0 Å². The molecule has 1 amide bonds. The summed E-state index contributed by atoms with van der Waals surface area (Å²) in [7, 11) is 0. The number of benzene rings is 1. The number of anilines is 2.